The van der Waals surface area contributed by atoms with Gasteiger partial charge < -0.3 is 5.32 Å². The number of ketones is 1. The molecule has 0 fully saturated rings. The van der Waals surface area contributed by atoms with Crippen LogP contribution in [0, 0.1) is 0 Å². The van der Waals surface area contributed by atoms with Crippen LogP contribution in [0.25, 0.3) is 0 Å². The van der Waals surface area contributed by atoms with Crippen molar-refractivity contribution in [3.8, 4) is 0 Å². The lowest BCUT2D eigenvalue weighted by Gasteiger charge is -2.21. The zero-order chi connectivity index (χ0) is 8.36. The van der Waals surface area contributed by atoms with Crippen molar-refractivity contribution >= 4 is 5.78 Å². The van der Waals surface area contributed by atoms with E-state index in [0.717, 1.165) is 0 Å². The molecular weight excluding hydrogens is 126 g/mol. The summed E-state index contributed by atoms with van der Waals surface area (Å²) in [4.78, 5) is 11.2. The number of hydrogen-bond acceptors (Lipinski definition) is 2. The van der Waals surface area contributed by atoms with Crippen molar-refractivity contribution in [1.29, 1.82) is 0 Å². The summed E-state index contributed by atoms with van der Waals surface area (Å²) in [6, 6.07) is 0. The predicted molar refractivity (Wildman–Crippen MR) is 43.0 cm³/mol. The molecule has 2 nitrogen and oxygen atoms in total. The summed E-state index contributed by atoms with van der Waals surface area (Å²) < 4.78 is 0. The van der Waals surface area contributed by atoms with Crippen LogP contribution < -0.4 is 5.32 Å². The normalized spacial score (nSPS) is 11.2. The lowest BCUT2D eigenvalue weighted by molar-refractivity contribution is -0.120. The Morgan fingerprint density at radius 3 is 2.00 bits per heavy atom. The number of rotatable bonds is 3. The minimum Gasteiger partial charge on any atom is -0.308 e. The van der Waals surface area contributed by atoms with Gasteiger partial charge in [-0.15, -0.1) is 0 Å². The molecule has 0 spiro atoms. The van der Waals surface area contributed by atoms with Gasteiger partial charge in [-0.05, 0) is 33.4 Å². The second-order valence-electron chi connectivity index (χ2n) is 2.98. The van der Waals surface area contributed by atoms with Crippen molar-refractivity contribution < 1.29 is 4.79 Å². The average molecular weight is 141 g/mol. The number of carbonyl (C=O) groups excluding carboxylic acids is 1. The molecule has 0 amide bonds. The molecule has 0 aliphatic rings. The van der Waals surface area contributed by atoms with Gasteiger partial charge in [0.1, 0.15) is 0 Å². The quantitative estimate of drug-likeness (QED) is 0.597. The third-order valence-corrected chi connectivity index (χ3v) is 1.58. The van der Waals surface area contributed by atoms with Gasteiger partial charge in [0.25, 0.3) is 0 Å². The number of Topliss-reactive ketones (excluding diaryl/α,β-unsaturated/α-hetero) is 1. The molecule has 10 heavy (non-hydrogen) atoms. The molecule has 0 aromatic heterocycles. The Bertz CT molecular complexity index is 159. The number of carbonyl (C=O) groups is 1. The van der Waals surface area contributed by atoms with Crippen LogP contribution in [0.4, 0.5) is 0 Å². The highest BCUT2D eigenvalue weighted by Crippen LogP contribution is 2.07. The number of hydrogen-bond donors (Lipinski definition) is 1. The topological polar surface area (TPSA) is 29.1 Å². The maximum atomic E-state index is 11.2. The van der Waals surface area contributed by atoms with Crippen molar-refractivity contribution in [2.75, 3.05) is 7.05 Å². The number of likely N-dealkylation sites (N-methyl/N-ethyl adjacent to an activating group) is 1. The Morgan fingerprint density at radius 2 is 1.90 bits per heavy atom. The Labute approximate surface area is 62.3 Å². The molecule has 0 atom stereocenters. The maximum absolute atomic E-state index is 11.2. The Hall–Kier alpha value is -0.630. The van der Waals surface area contributed by atoms with E-state index in [1.165, 1.54) is 0 Å². The highest BCUT2D eigenvalue weighted by Gasteiger charge is 2.24. The summed E-state index contributed by atoms with van der Waals surface area (Å²) in [5.41, 5.74) is 0.130. The first-order valence-electron chi connectivity index (χ1n) is 3.31. The van der Waals surface area contributed by atoms with Crippen LogP contribution in [-0.2, 0) is 4.79 Å². The highest BCUT2D eigenvalue weighted by atomic mass is 16.1. The molecule has 0 radical (unpaired) electrons. The van der Waals surface area contributed by atoms with E-state index in [0.29, 0.717) is 5.57 Å². The third kappa shape index (κ3) is 1.95. The maximum Gasteiger partial charge on any atom is 0.177 e. The molecule has 1 N–H and O–H groups in total. The molecule has 0 saturated carbocycles. The van der Waals surface area contributed by atoms with E-state index in [4.69, 9.17) is 0 Å². The van der Waals surface area contributed by atoms with E-state index in [-0.39, 0.29) is 5.78 Å². The van der Waals surface area contributed by atoms with Crippen LogP contribution in [0.1, 0.15) is 20.8 Å². The van der Waals surface area contributed by atoms with Gasteiger partial charge in [0, 0.05) is 0 Å². The lowest BCUT2D eigenvalue weighted by atomic mass is 9.95. The van der Waals surface area contributed by atoms with Gasteiger partial charge in [-0.1, -0.05) is 6.58 Å². The summed E-state index contributed by atoms with van der Waals surface area (Å²) in [6.45, 7) is 8.98. The smallest absolute Gasteiger partial charge is 0.177 e. The highest BCUT2D eigenvalue weighted by molar-refractivity contribution is 6.01. The fourth-order valence-electron chi connectivity index (χ4n) is 0.647. The molecule has 0 aromatic carbocycles. The van der Waals surface area contributed by atoms with Gasteiger partial charge in [0.2, 0.25) is 0 Å². The van der Waals surface area contributed by atoms with E-state index >= 15 is 0 Å². The minimum atomic E-state index is -0.466. The predicted octanol–water partition coefficient (Wildman–Crippen LogP) is 1.13. The van der Waals surface area contributed by atoms with Crippen LogP contribution in [0.3, 0.4) is 0 Å². The Balaban J connectivity index is 4.33. The van der Waals surface area contributed by atoms with Crippen LogP contribution in [-0.4, -0.2) is 18.4 Å². The van der Waals surface area contributed by atoms with Crippen LogP contribution in [0.15, 0.2) is 12.2 Å². The van der Waals surface area contributed by atoms with Gasteiger partial charge in [0.15, 0.2) is 5.78 Å². The summed E-state index contributed by atoms with van der Waals surface area (Å²) in [7, 11) is 1.76. The van der Waals surface area contributed by atoms with E-state index in [1.54, 1.807) is 14.0 Å². The minimum absolute atomic E-state index is 0.0648. The van der Waals surface area contributed by atoms with Crippen molar-refractivity contribution in [3.05, 3.63) is 12.2 Å². The fraction of sp³-hybridized carbons (Fsp3) is 0.625. The first kappa shape index (κ1) is 9.37. The van der Waals surface area contributed by atoms with Crippen molar-refractivity contribution in [2.24, 2.45) is 0 Å². The van der Waals surface area contributed by atoms with Gasteiger partial charge >= 0.3 is 0 Å². The van der Waals surface area contributed by atoms with E-state index < -0.39 is 5.54 Å². The van der Waals surface area contributed by atoms with Gasteiger partial charge in [-0.25, -0.2) is 0 Å². The molecule has 0 aromatic rings. The fourth-order valence-corrected chi connectivity index (χ4v) is 0.647. The number of nitrogens with one attached hydrogen (secondary N) is 1. The van der Waals surface area contributed by atoms with Crippen LogP contribution in [0.5, 0.6) is 0 Å². The standard InChI is InChI=1S/C8H15NO/c1-6(2)7(10)8(3,4)9-5/h9H,1H2,2-5H3. The molecule has 0 aliphatic heterocycles. The van der Waals surface area contributed by atoms with E-state index in [9.17, 15) is 4.79 Å². The molecule has 0 unspecified atom stereocenters. The zero-order valence-electron chi connectivity index (χ0n) is 7.12. The summed E-state index contributed by atoms with van der Waals surface area (Å²) in [5, 5.41) is 2.91. The van der Waals surface area contributed by atoms with Gasteiger partial charge in [-0.3, -0.25) is 4.79 Å². The Morgan fingerprint density at radius 1 is 1.50 bits per heavy atom. The Kier molecular flexibility index (Phi) is 2.78. The van der Waals surface area contributed by atoms with Crippen molar-refractivity contribution in [2.45, 2.75) is 26.3 Å². The molecule has 2 heteroatoms. The van der Waals surface area contributed by atoms with Gasteiger partial charge in [-0.2, -0.15) is 0 Å². The summed E-state index contributed by atoms with van der Waals surface area (Å²) in [5.74, 6) is 0.0648. The largest absolute Gasteiger partial charge is 0.308 e. The molecule has 0 aliphatic carbocycles. The first-order chi connectivity index (χ1) is 4.41. The van der Waals surface area contributed by atoms with Crippen molar-refractivity contribution in [3.63, 3.8) is 0 Å². The SMILES string of the molecule is C=C(C)C(=O)C(C)(C)NC. The monoisotopic (exact) mass is 141 g/mol. The second-order valence-corrected chi connectivity index (χ2v) is 2.98. The molecule has 0 heterocycles. The van der Waals surface area contributed by atoms with E-state index in [2.05, 4.69) is 11.9 Å². The second kappa shape index (κ2) is 2.97. The first-order valence-corrected chi connectivity index (χ1v) is 3.31. The summed E-state index contributed by atoms with van der Waals surface area (Å²) >= 11 is 0. The van der Waals surface area contributed by atoms with Crippen LogP contribution in [0.2, 0.25) is 0 Å². The molecule has 0 rings (SSSR count). The van der Waals surface area contributed by atoms with Gasteiger partial charge in [0.05, 0.1) is 5.54 Å². The van der Waals surface area contributed by atoms with Crippen molar-refractivity contribution in [1.82, 2.24) is 5.32 Å². The molecule has 0 bridgehead atoms. The van der Waals surface area contributed by atoms with Crippen LogP contribution >= 0.6 is 0 Å². The lowest BCUT2D eigenvalue weighted by Crippen LogP contribution is -2.44. The third-order valence-electron chi connectivity index (χ3n) is 1.58. The molecular formula is C8H15NO. The summed E-state index contributed by atoms with van der Waals surface area (Å²) in [6.07, 6.45) is 0. The average Bonchev–Trinajstić information content (AvgIpc) is 1.86. The molecule has 0 saturated heterocycles. The zero-order valence-corrected chi connectivity index (χ0v) is 7.12. The molecule has 58 valence electrons. The van der Waals surface area contributed by atoms with E-state index in [1.807, 2.05) is 13.8 Å².